The third-order valence-electron chi connectivity index (χ3n) is 1.50. The predicted octanol–water partition coefficient (Wildman–Crippen LogP) is 2.99. The molecule has 0 N–H and O–H groups in total. The van der Waals surface area contributed by atoms with Crippen molar-refractivity contribution in [2.75, 3.05) is 0 Å². The Hall–Kier alpha value is -0.620. The first kappa shape index (κ1) is 8.96. The van der Waals surface area contributed by atoms with Crippen LogP contribution in [0, 0.1) is 3.90 Å². The second-order valence-electron chi connectivity index (χ2n) is 2.38. The average molecular weight is 306 g/mol. The van der Waals surface area contributed by atoms with Gasteiger partial charge in [0.15, 0.2) is 0 Å². The van der Waals surface area contributed by atoms with Gasteiger partial charge < -0.3 is 4.52 Å². The lowest BCUT2D eigenvalue weighted by molar-refractivity contribution is 0.394. The molecule has 0 bridgehead atoms. The summed E-state index contributed by atoms with van der Waals surface area (Å²) in [6, 6.07) is 7.28. The van der Waals surface area contributed by atoms with Crippen molar-refractivity contribution in [3.63, 3.8) is 0 Å². The monoisotopic (exact) mass is 306 g/mol. The minimum Gasteiger partial charge on any atom is -0.328 e. The van der Waals surface area contributed by atoms with Gasteiger partial charge in [-0.15, -0.1) is 0 Å². The maximum absolute atomic E-state index is 5.74. The van der Waals surface area contributed by atoms with Crippen molar-refractivity contribution in [1.29, 1.82) is 0 Å². The molecule has 1 aromatic carbocycles. The number of benzene rings is 1. The summed E-state index contributed by atoms with van der Waals surface area (Å²) in [5.41, 5.74) is 0.899. The van der Waals surface area contributed by atoms with E-state index in [2.05, 4.69) is 10.1 Å². The molecule has 2 rings (SSSR count). The van der Waals surface area contributed by atoms with E-state index in [9.17, 15) is 0 Å². The Labute approximate surface area is 93.2 Å². The summed E-state index contributed by atoms with van der Waals surface area (Å²) in [6.45, 7) is 0. The zero-order valence-corrected chi connectivity index (χ0v) is 9.28. The van der Waals surface area contributed by atoms with Crippen molar-refractivity contribution in [2.45, 2.75) is 0 Å². The van der Waals surface area contributed by atoms with Crippen LogP contribution in [0.4, 0.5) is 0 Å². The molecule has 0 aliphatic carbocycles. The Morgan fingerprint density at radius 3 is 2.46 bits per heavy atom. The van der Waals surface area contributed by atoms with Crippen molar-refractivity contribution in [3.8, 4) is 11.4 Å². The summed E-state index contributed by atoms with van der Waals surface area (Å²) in [5.74, 6) is 0.584. The highest BCUT2D eigenvalue weighted by Crippen LogP contribution is 2.18. The SMILES string of the molecule is Clc1ccc(-c2noc(I)n2)cc1. The van der Waals surface area contributed by atoms with Gasteiger partial charge >= 0.3 is 0 Å². The highest BCUT2D eigenvalue weighted by molar-refractivity contribution is 14.1. The molecular weight excluding hydrogens is 302 g/mol. The average Bonchev–Trinajstić information content (AvgIpc) is 2.53. The molecule has 0 aliphatic rings. The van der Waals surface area contributed by atoms with Crippen LogP contribution in [0.2, 0.25) is 5.02 Å². The second kappa shape index (κ2) is 3.63. The summed E-state index contributed by atoms with van der Waals surface area (Å²) in [5, 5.41) is 4.48. The molecule has 1 heterocycles. The Bertz CT molecular complexity index is 412. The van der Waals surface area contributed by atoms with E-state index in [1.165, 1.54) is 0 Å². The smallest absolute Gasteiger partial charge is 0.287 e. The van der Waals surface area contributed by atoms with Crippen molar-refractivity contribution in [1.82, 2.24) is 10.1 Å². The largest absolute Gasteiger partial charge is 0.328 e. The van der Waals surface area contributed by atoms with E-state index in [4.69, 9.17) is 16.1 Å². The molecule has 0 atom stereocenters. The molecule has 2 aromatic rings. The number of hydrogen-bond acceptors (Lipinski definition) is 3. The molecule has 66 valence electrons. The van der Waals surface area contributed by atoms with Crippen molar-refractivity contribution in [2.24, 2.45) is 0 Å². The first-order chi connectivity index (χ1) is 6.25. The van der Waals surface area contributed by atoms with Crippen molar-refractivity contribution < 1.29 is 4.52 Å². The van der Waals surface area contributed by atoms with Crippen LogP contribution in [0.25, 0.3) is 11.4 Å². The minimum atomic E-state index is 0.530. The normalized spacial score (nSPS) is 10.3. The van der Waals surface area contributed by atoms with Gasteiger partial charge in [-0.2, -0.15) is 4.98 Å². The van der Waals surface area contributed by atoms with Gasteiger partial charge in [-0.05, 0) is 24.3 Å². The van der Waals surface area contributed by atoms with Crippen molar-refractivity contribution >= 4 is 34.2 Å². The first-order valence-electron chi connectivity index (χ1n) is 3.51. The molecule has 0 spiro atoms. The van der Waals surface area contributed by atoms with Gasteiger partial charge in [0.1, 0.15) is 0 Å². The number of aromatic nitrogens is 2. The molecule has 0 radical (unpaired) electrons. The Balaban J connectivity index is 2.41. The fraction of sp³-hybridized carbons (Fsp3) is 0. The van der Waals surface area contributed by atoms with E-state index < -0.39 is 0 Å². The lowest BCUT2D eigenvalue weighted by atomic mass is 10.2. The molecule has 0 amide bonds. The molecule has 1 aromatic heterocycles. The Kier molecular flexibility index (Phi) is 2.50. The molecule has 0 saturated carbocycles. The van der Waals surface area contributed by atoms with Crippen LogP contribution < -0.4 is 0 Å². The summed E-state index contributed by atoms with van der Waals surface area (Å²) in [7, 11) is 0. The number of hydrogen-bond donors (Lipinski definition) is 0. The summed E-state index contributed by atoms with van der Waals surface area (Å²) in [6.07, 6.45) is 0. The second-order valence-corrected chi connectivity index (χ2v) is 3.74. The lowest BCUT2D eigenvalue weighted by Gasteiger charge is -1.92. The highest BCUT2D eigenvalue weighted by Gasteiger charge is 2.04. The Morgan fingerprint density at radius 1 is 1.23 bits per heavy atom. The van der Waals surface area contributed by atoms with Gasteiger partial charge in [-0.25, -0.2) is 0 Å². The van der Waals surface area contributed by atoms with Crippen LogP contribution in [-0.4, -0.2) is 10.1 Å². The van der Waals surface area contributed by atoms with E-state index >= 15 is 0 Å². The van der Waals surface area contributed by atoms with Gasteiger partial charge in [0.05, 0.1) is 0 Å². The van der Waals surface area contributed by atoms with Gasteiger partial charge in [0, 0.05) is 33.2 Å². The lowest BCUT2D eigenvalue weighted by Crippen LogP contribution is -1.79. The number of rotatable bonds is 1. The van der Waals surface area contributed by atoms with Crippen LogP contribution in [0.3, 0.4) is 0 Å². The number of halogens is 2. The van der Waals surface area contributed by atoms with Crippen LogP contribution in [0.15, 0.2) is 28.8 Å². The van der Waals surface area contributed by atoms with E-state index in [0.29, 0.717) is 14.7 Å². The maximum Gasteiger partial charge on any atom is 0.287 e. The molecule has 5 heteroatoms. The summed E-state index contributed by atoms with van der Waals surface area (Å²) >= 11 is 7.71. The van der Waals surface area contributed by atoms with Crippen LogP contribution >= 0.6 is 34.2 Å². The predicted molar refractivity (Wildman–Crippen MR) is 57.5 cm³/mol. The van der Waals surface area contributed by atoms with Crippen LogP contribution in [0.5, 0.6) is 0 Å². The zero-order chi connectivity index (χ0) is 9.26. The Morgan fingerprint density at radius 2 is 1.92 bits per heavy atom. The molecule has 0 aliphatic heterocycles. The third-order valence-corrected chi connectivity index (χ3v) is 2.19. The van der Waals surface area contributed by atoms with Gasteiger partial charge in [0.25, 0.3) is 3.90 Å². The first-order valence-corrected chi connectivity index (χ1v) is 4.96. The third kappa shape index (κ3) is 2.00. The molecule has 13 heavy (non-hydrogen) atoms. The zero-order valence-electron chi connectivity index (χ0n) is 6.37. The molecule has 0 fully saturated rings. The van der Waals surface area contributed by atoms with E-state index in [-0.39, 0.29) is 0 Å². The topological polar surface area (TPSA) is 38.9 Å². The van der Waals surface area contributed by atoms with Crippen LogP contribution in [0.1, 0.15) is 0 Å². The van der Waals surface area contributed by atoms with Crippen molar-refractivity contribution in [3.05, 3.63) is 33.2 Å². The highest BCUT2D eigenvalue weighted by atomic mass is 127. The van der Waals surface area contributed by atoms with Crippen LogP contribution in [-0.2, 0) is 0 Å². The molecule has 0 unspecified atom stereocenters. The van der Waals surface area contributed by atoms with E-state index in [1.54, 1.807) is 12.1 Å². The maximum atomic E-state index is 5.74. The molecule has 3 nitrogen and oxygen atoms in total. The number of nitrogens with zero attached hydrogens (tertiary/aromatic N) is 2. The fourth-order valence-electron chi connectivity index (χ4n) is 0.921. The fourth-order valence-corrected chi connectivity index (χ4v) is 1.37. The van der Waals surface area contributed by atoms with E-state index in [1.807, 2.05) is 34.7 Å². The molecule has 0 saturated heterocycles. The van der Waals surface area contributed by atoms with Gasteiger partial charge in [-0.1, -0.05) is 16.8 Å². The quantitative estimate of drug-likeness (QED) is 0.760. The minimum absolute atomic E-state index is 0.530. The summed E-state index contributed by atoms with van der Waals surface area (Å²) in [4.78, 5) is 4.08. The van der Waals surface area contributed by atoms with E-state index in [0.717, 1.165) is 5.56 Å². The van der Waals surface area contributed by atoms with Gasteiger partial charge in [-0.3, -0.25) is 0 Å². The molecular formula is C8H4ClIN2O. The summed E-state index contributed by atoms with van der Waals surface area (Å²) < 4.78 is 5.37. The van der Waals surface area contributed by atoms with Gasteiger partial charge in [0.2, 0.25) is 5.82 Å². The standard InChI is InChI=1S/C8H4ClIN2O/c9-6-3-1-5(2-4-6)7-11-8(10)13-12-7/h1-4H.